The zero-order valence-electron chi connectivity index (χ0n) is 14.7. The van der Waals surface area contributed by atoms with E-state index in [0.29, 0.717) is 13.1 Å². The van der Waals surface area contributed by atoms with Gasteiger partial charge in [0.25, 0.3) is 0 Å². The van der Waals surface area contributed by atoms with Crippen LogP contribution in [0.25, 0.3) is 5.69 Å². The van der Waals surface area contributed by atoms with E-state index >= 15 is 0 Å². The monoisotopic (exact) mass is 342 g/mol. The van der Waals surface area contributed by atoms with Crippen molar-refractivity contribution in [1.29, 1.82) is 0 Å². The van der Waals surface area contributed by atoms with Crippen molar-refractivity contribution in [3.63, 3.8) is 0 Å². The fraction of sp³-hybridized carbons (Fsp3) is 0.474. The molecule has 0 saturated carbocycles. The van der Waals surface area contributed by atoms with Gasteiger partial charge in [0, 0.05) is 25.9 Å². The molecule has 0 aliphatic carbocycles. The summed E-state index contributed by atoms with van der Waals surface area (Å²) in [6, 6.07) is 9.96. The lowest BCUT2D eigenvalue weighted by molar-refractivity contribution is 0.111. The van der Waals surface area contributed by atoms with Gasteiger partial charge in [0.05, 0.1) is 17.5 Å². The fourth-order valence-corrected chi connectivity index (χ4v) is 3.01. The Bertz CT molecular complexity index is 678. The van der Waals surface area contributed by atoms with Crippen molar-refractivity contribution < 1.29 is 9.53 Å². The third-order valence-electron chi connectivity index (χ3n) is 4.44. The molecular formula is C19H26N4O2. The molecule has 1 fully saturated rings. The van der Waals surface area contributed by atoms with Crippen LogP contribution >= 0.6 is 0 Å². The molecule has 1 saturated heterocycles. The summed E-state index contributed by atoms with van der Waals surface area (Å²) in [6.45, 7) is 4.07. The lowest BCUT2D eigenvalue weighted by Gasteiger charge is -2.11. The third kappa shape index (κ3) is 5.06. The molecule has 1 aromatic heterocycles. The van der Waals surface area contributed by atoms with Crippen LogP contribution in [-0.4, -0.2) is 41.6 Å². The summed E-state index contributed by atoms with van der Waals surface area (Å²) in [4.78, 5) is 11.8. The van der Waals surface area contributed by atoms with Crippen LogP contribution in [0.5, 0.6) is 0 Å². The lowest BCUT2D eigenvalue weighted by Crippen LogP contribution is -2.40. The highest BCUT2D eigenvalue weighted by molar-refractivity contribution is 5.73. The van der Waals surface area contributed by atoms with Gasteiger partial charge in [-0.1, -0.05) is 18.2 Å². The number of carbonyl (C=O) groups is 1. The van der Waals surface area contributed by atoms with Crippen LogP contribution in [0, 0.1) is 6.92 Å². The van der Waals surface area contributed by atoms with Gasteiger partial charge in [-0.05, 0) is 50.3 Å². The van der Waals surface area contributed by atoms with E-state index < -0.39 is 0 Å². The third-order valence-corrected chi connectivity index (χ3v) is 4.44. The molecule has 2 amide bonds. The van der Waals surface area contributed by atoms with E-state index in [9.17, 15) is 4.79 Å². The average Bonchev–Trinajstić information content (AvgIpc) is 3.28. The zero-order chi connectivity index (χ0) is 17.5. The predicted molar refractivity (Wildman–Crippen MR) is 97.0 cm³/mol. The molecule has 1 aliphatic heterocycles. The van der Waals surface area contributed by atoms with Crippen molar-refractivity contribution >= 4 is 6.03 Å². The maximum absolute atomic E-state index is 11.8. The highest BCUT2D eigenvalue weighted by Gasteiger charge is 2.15. The molecule has 6 nitrogen and oxygen atoms in total. The normalized spacial score (nSPS) is 16.8. The number of nitrogens with one attached hydrogen (secondary N) is 2. The summed E-state index contributed by atoms with van der Waals surface area (Å²) >= 11 is 0. The minimum absolute atomic E-state index is 0.118. The Morgan fingerprint density at radius 2 is 2.16 bits per heavy atom. The number of aryl methyl sites for hydroxylation is 2. The number of hydrogen-bond acceptors (Lipinski definition) is 3. The van der Waals surface area contributed by atoms with Crippen molar-refractivity contribution in [1.82, 2.24) is 20.4 Å². The first kappa shape index (κ1) is 17.5. The number of amides is 2. The van der Waals surface area contributed by atoms with E-state index in [1.165, 1.54) is 5.56 Å². The smallest absolute Gasteiger partial charge is 0.314 e. The topological polar surface area (TPSA) is 68.2 Å². The summed E-state index contributed by atoms with van der Waals surface area (Å²) in [5.41, 5.74) is 3.31. The summed E-state index contributed by atoms with van der Waals surface area (Å²) in [6.07, 6.45) is 6.15. The summed E-state index contributed by atoms with van der Waals surface area (Å²) in [5.74, 6) is 0. The van der Waals surface area contributed by atoms with Crippen LogP contribution in [0.4, 0.5) is 4.79 Å². The number of rotatable bonds is 7. The Morgan fingerprint density at radius 1 is 1.32 bits per heavy atom. The maximum Gasteiger partial charge on any atom is 0.314 e. The predicted octanol–water partition coefficient (Wildman–Crippen LogP) is 2.59. The quantitative estimate of drug-likeness (QED) is 0.760. The van der Waals surface area contributed by atoms with Crippen LogP contribution < -0.4 is 10.6 Å². The van der Waals surface area contributed by atoms with Gasteiger partial charge in [0.2, 0.25) is 0 Å². The van der Waals surface area contributed by atoms with E-state index in [1.807, 2.05) is 41.9 Å². The van der Waals surface area contributed by atoms with E-state index in [1.54, 1.807) is 0 Å². The summed E-state index contributed by atoms with van der Waals surface area (Å²) < 4.78 is 7.40. The van der Waals surface area contributed by atoms with E-state index in [2.05, 4.69) is 21.9 Å². The highest BCUT2D eigenvalue weighted by atomic mass is 16.5. The highest BCUT2D eigenvalue weighted by Crippen LogP contribution is 2.13. The molecule has 25 heavy (non-hydrogen) atoms. The number of nitrogens with zero attached hydrogens (tertiary/aromatic N) is 2. The number of urea groups is 1. The first-order valence-corrected chi connectivity index (χ1v) is 8.96. The van der Waals surface area contributed by atoms with Gasteiger partial charge >= 0.3 is 6.03 Å². The number of ether oxygens (including phenoxy) is 1. The van der Waals surface area contributed by atoms with Gasteiger partial charge in [-0.15, -0.1) is 0 Å². The van der Waals surface area contributed by atoms with Gasteiger partial charge in [0.1, 0.15) is 0 Å². The van der Waals surface area contributed by atoms with E-state index in [0.717, 1.165) is 43.7 Å². The number of aromatic nitrogens is 2. The molecule has 0 bridgehead atoms. The number of carbonyl (C=O) groups excluding carboxylic acids is 1. The van der Waals surface area contributed by atoms with Gasteiger partial charge < -0.3 is 15.4 Å². The molecule has 2 aromatic rings. The summed E-state index contributed by atoms with van der Waals surface area (Å²) in [5, 5.41) is 10.3. The van der Waals surface area contributed by atoms with Gasteiger partial charge in [0.15, 0.2) is 0 Å². The Morgan fingerprint density at radius 3 is 2.92 bits per heavy atom. The summed E-state index contributed by atoms with van der Waals surface area (Å²) in [7, 11) is 0. The van der Waals surface area contributed by atoms with Crippen LogP contribution in [-0.2, 0) is 11.2 Å². The Kier molecular flexibility index (Phi) is 6.06. The largest absolute Gasteiger partial charge is 0.376 e. The number of para-hydroxylation sites is 1. The molecule has 1 aliphatic rings. The minimum atomic E-state index is -0.118. The van der Waals surface area contributed by atoms with Crippen molar-refractivity contribution in [2.24, 2.45) is 0 Å². The SMILES string of the molecule is Cc1nn(-c2ccccc2)cc1CCCNC(=O)NC[C@@H]1CCCO1. The van der Waals surface area contributed by atoms with Gasteiger partial charge in [-0.3, -0.25) is 0 Å². The second-order valence-electron chi connectivity index (χ2n) is 6.40. The zero-order valence-corrected chi connectivity index (χ0v) is 14.7. The van der Waals surface area contributed by atoms with Crippen LogP contribution in [0.1, 0.15) is 30.5 Å². The fourth-order valence-electron chi connectivity index (χ4n) is 3.01. The second-order valence-corrected chi connectivity index (χ2v) is 6.40. The van der Waals surface area contributed by atoms with Crippen molar-refractivity contribution in [3.8, 4) is 5.69 Å². The lowest BCUT2D eigenvalue weighted by atomic mass is 10.1. The Balaban J connectivity index is 1.38. The van der Waals surface area contributed by atoms with E-state index in [-0.39, 0.29) is 12.1 Å². The molecule has 6 heteroatoms. The van der Waals surface area contributed by atoms with Gasteiger partial charge in [-0.25, -0.2) is 9.48 Å². The number of hydrogen-bond donors (Lipinski definition) is 2. The number of benzene rings is 1. The average molecular weight is 342 g/mol. The van der Waals surface area contributed by atoms with Crippen LogP contribution in [0.3, 0.4) is 0 Å². The van der Waals surface area contributed by atoms with Crippen molar-refractivity contribution in [2.45, 2.75) is 38.7 Å². The van der Waals surface area contributed by atoms with E-state index in [4.69, 9.17) is 4.74 Å². The van der Waals surface area contributed by atoms with Crippen LogP contribution in [0.15, 0.2) is 36.5 Å². The molecule has 0 spiro atoms. The Hall–Kier alpha value is -2.34. The first-order valence-electron chi connectivity index (χ1n) is 8.96. The maximum atomic E-state index is 11.8. The molecular weight excluding hydrogens is 316 g/mol. The minimum Gasteiger partial charge on any atom is -0.376 e. The standard InChI is InChI=1S/C19H26N4O2/c1-15-16(14-23(22-15)17-8-3-2-4-9-17)7-5-11-20-19(24)21-13-18-10-6-12-25-18/h2-4,8-9,14,18H,5-7,10-13H2,1H3,(H2,20,21,24)/t18-/m0/s1. The molecule has 0 radical (unpaired) electrons. The molecule has 1 atom stereocenters. The molecule has 3 rings (SSSR count). The molecule has 1 aromatic carbocycles. The second kappa shape index (κ2) is 8.67. The Labute approximate surface area is 148 Å². The first-order chi connectivity index (χ1) is 12.2. The molecule has 0 unspecified atom stereocenters. The van der Waals surface area contributed by atoms with Crippen molar-refractivity contribution in [3.05, 3.63) is 47.8 Å². The molecule has 2 heterocycles. The van der Waals surface area contributed by atoms with Crippen molar-refractivity contribution in [2.75, 3.05) is 19.7 Å². The van der Waals surface area contributed by atoms with Gasteiger partial charge in [-0.2, -0.15) is 5.10 Å². The molecule has 134 valence electrons. The van der Waals surface area contributed by atoms with Crippen LogP contribution in [0.2, 0.25) is 0 Å². The molecule has 2 N–H and O–H groups in total.